The number of aliphatic carboxylic acids is 2. The molecule has 2 aliphatic rings. The van der Waals surface area contributed by atoms with Crippen molar-refractivity contribution in [3.63, 3.8) is 0 Å². The van der Waals surface area contributed by atoms with Gasteiger partial charge in [-0.1, -0.05) is 44.6 Å². The first kappa shape index (κ1) is 35.4. The molecule has 3 rings (SSSR count). The van der Waals surface area contributed by atoms with Crippen molar-refractivity contribution in [3.05, 3.63) is 48.6 Å². The fourth-order valence-corrected chi connectivity index (χ4v) is 7.54. The standard InChI is InChI=1S/C32H42O10S2/c33-29(34)14-16-31(37)41-25(21-43-27-10-3-1-4-11-27)19-39-23-8-7-9-24(18-23)40-20-26(42-32(38)17-15-30(35)36)22-44-28-12-5-2-6-13-28/h7-9,14-18,25-28H,1-6,10-13,19-22H2,(H,33,34)(H,35,36). The van der Waals surface area contributed by atoms with E-state index in [1.54, 1.807) is 47.8 Å². The van der Waals surface area contributed by atoms with Crippen LogP contribution in [0.1, 0.15) is 64.2 Å². The molecular formula is C32H42O10S2. The predicted molar refractivity (Wildman–Crippen MR) is 169 cm³/mol. The molecule has 2 N–H and O–H groups in total. The third-order valence-corrected chi connectivity index (χ3v) is 10.1. The normalized spacial score (nSPS) is 17.6. The molecule has 0 bridgehead atoms. The molecule has 2 atom stereocenters. The first-order chi connectivity index (χ1) is 21.3. The Bertz CT molecular complexity index is 1040. The number of benzene rings is 1. The molecule has 0 aromatic heterocycles. The van der Waals surface area contributed by atoms with Gasteiger partial charge in [0.1, 0.15) is 36.9 Å². The molecule has 2 saturated carbocycles. The molecule has 10 nitrogen and oxygen atoms in total. The van der Waals surface area contributed by atoms with Gasteiger partial charge in [0.25, 0.3) is 0 Å². The van der Waals surface area contributed by atoms with Crippen molar-refractivity contribution in [3.8, 4) is 11.5 Å². The Hall–Kier alpha value is -3.12. The molecule has 0 aliphatic heterocycles. The van der Waals surface area contributed by atoms with Crippen LogP contribution in [-0.4, -0.2) is 81.5 Å². The maximum absolute atomic E-state index is 12.2. The van der Waals surface area contributed by atoms with Gasteiger partial charge in [-0.05, 0) is 37.8 Å². The number of carboxylic acid groups (broad SMARTS) is 2. The van der Waals surface area contributed by atoms with Gasteiger partial charge in [-0.25, -0.2) is 19.2 Å². The molecule has 0 amide bonds. The number of hydrogen-bond acceptors (Lipinski definition) is 10. The smallest absolute Gasteiger partial charge is 0.331 e. The van der Waals surface area contributed by atoms with Crippen LogP contribution in [0, 0.1) is 0 Å². The quantitative estimate of drug-likeness (QED) is 0.149. The predicted octanol–water partition coefficient (Wildman–Crippen LogP) is 5.68. The van der Waals surface area contributed by atoms with E-state index < -0.39 is 36.1 Å². The zero-order chi connectivity index (χ0) is 31.6. The van der Waals surface area contributed by atoms with E-state index in [0.29, 0.717) is 33.5 Å². The highest BCUT2D eigenvalue weighted by Crippen LogP contribution is 2.30. The molecule has 242 valence electrons. The minimum atomic E-state index is -1.23. The van der Waals surface area contributed by atoms with E-state index >= 15 is 0 Å². The average molecular weight is 651 g/mol. The van der Waals surface area contributed by atoms with Crippen molar-refractivity contribution in [1.29, 1.82) is 0 Å². The van der Waals surface area contributed by atoms with Crippen molar-refractivity contribution in [2.75, 3.05) is 24.7 Å². The van der Waals surface area contributed by atoms with E-state index in [1.165, 1.54) is 38.5 Å². The molecule has 0 heterocycles. The molecule has 1 aromatic carbocycles. The molecule has 0 spiro atoms. The van der Waals surface area contributed by atoms with Gasteiger partial charge in [-0.3, -0.25) is 0 Å². The van der Waals surface area contributed by atoms with Crippen molar-refractivity contribution in [2.24, 2.45) is 0 Å². The highest BCUT2D eigenvalue weighted by Gasteiger charge is 2.22. The number of esters is 2. The lowest BCUT2D eigenvalue weighted by Gasteiger charge is -2.24. The first-order valence-corrected chi connectivity index (χ1v) is 17.2. The molecular weight excluding hydrogens is 608 g/mol. The summed E-state index contributed by atoms with van der Waals surface area (Å²) in [6.07, 6.45) is 13.8. The Morgan fingerprint density at radius 3 is 1.48 bits per heavy atom. The molecule has 2 fully saturated rings. The van der Waals surface area contributed by atoms with Crippen LogP contribution in [0.4, 0.5) is 0 Å². The van der Waals surface area contributed by atoms with Crippen LogP contribution in [0.15, 0.2) is 48.6 Å². The monoisotopic (exact) mass is 650 g/mol. The second kappa shape index (κ2) is 20.0. The molecule has 2 aliphatic carbocycles. The highest BCUT2D eigenvalue weighted by atomic mass is 32.2. The van der Waals surface area contributed by atoms with Crippen LogP contribution in [0.2, 0.25) is 0 Å². The van der Waals surface area contributed by atoms with Crippen molar-refractivity contribution < 1.29 is 48.3 Å². The molecule has 12 heteroatoms. The third-order valence-electron chi connectivity index (χ3n) is 7.11. The highest BCUT2D eigenvalue weighted by molar-refractivity contribution is 8.00. The minimum absolute atomic E-state index is 0.0734. The number of hydrogen-bond donors (Lipinski definition) is 2. The summed E-state index contributed by atoms with van der Waals surface area (Å²) < 4.78 is 22.9. The lowest BCUT2D eigenvalue weighted by atomic mass is 10.0. The third kappa shape index (κ3) is 15.1. The Labute approximate surface area is 266 Å². The van der Waals surface area contributed by atoms with Crippen LogP contribution in [0.5, 0.6) is 11.5 Å². The fourth-order valence-electron chi connectivity index (χ4n) is 4.90. The molecule has 2 unspecified atom stereocenters. The van der Waals surface area contributed by atoms with Gasteiger partial charge in [0, 0.05) is 52.4 Å². The van der Waals surface area contributed by atoms with Crippen LogP contribution < -0.4 is 9.47 Å². The van der Waals surface area contributed by atoms with E-state index in [9.17, 15) is 19.2 Å². The summed E-state index contributed by atoms with van der Waals surface area (Å²) in [6.45, 7) is 0.147. The summed E-state index contributed by atoms with van der Waals surface area (Å²) >= 11 is 3.49. The SMILES string of the molecule is O=C(O)C=CC(=O)OC(COc1cccc(OCC(CSC2CCCCC2)OC(=O)C=CC(=O)O)c1)CSC1CCCCC1. The first-order valence-electron chi connectivity index (χ1n) is 15.1. The maximum atomic E-state index is 12.2. The molecule has 44 heavy (non-hydrogen) atoms. The van der Waals surface area contributed by atoms with E-state index in [4.69, 9.17) is 29.2 Å². The summed E-state index contributed by atoms with van der Waals surface area (Å²) in [5.74, 6) is -1.93. The van der Waals surface area contributed by atoms with Gasteiger partial charge < -0.3 is 29.2 Å². The van der Waals surface area contributed by atoms with Gasteiger partial charge in [0.05, 0.1) is 0 Å². The van der Waals surface area contributed by atoms with Crippen LogP contribution in [-0.2, 0) is 28.7 Å². The van der Waals surface area contributed by atoms with E-state index in [-0.39, 0.29) is 13.2 Å². The summed E-state index contributed by atoms with van der Waals surface area (Å²) in [6, 6.07) is 6.94. The Morgan fingerprint density at radius 1 is 0.682 bits per heavy atom. The van der Waals surface area contributed by atoms with E-state index in [2.05, 4.69) is 0 Å². The lowest BCUT2D eigenvalue weighted by molar-refractivity contribution is -0.144. The van der Waals surface area contributed by atoms with Crippen LogP contribution in [0.25, 0.3) is 0 Å². The van der Waals surface area contributed by atoms with Gasteiger partial charge in [0.2, 0.25) is 0 Å². The summed E-state index contributed by atoms with van der Waals surface area (Å²) in [7, 11) is 0. The van der Waals surface area contributed by atoms with Gasteiger partial charge in [0.15, 0.2) is 0 Å². The number of carboxylic acids is 2. The summed E-state index contributed by atoms with van der Waals surface area (Å²) in [4.78, 5) is 46.0. The van der Waals surface area contributed by atoms with Crippen LogP contribution >= 0.6 is 23.5 Å². The minimum Gasteiger partial charge on any atom is -0.490 e. The zero-order valence-corrected chi connectivity index (χ0v) is 26.4. The van der Waals surface area contributed by atoms with Gasteiger partial charge in [-0.15, -0.1) is 0 Å². The van der Waals surface area contributed by atoms with Crippen molar-refractivity contribution in [1.82, 2.24) is 0 Å². The second-order valence-electron chi connectivity index (χ2n) is 10.7. The van der Waals surface area contributed by atoms with E-state index in [0.717, 1.165) is 50.0 Å². The largest absolute Gasteiger partial charge is 0.490 e. The number of thioether (sulfide) groups is 2. The average Bonchev–Trinajstić information content (AvgIpc) is 3.02. The summed E-state index contributed by atoms with van der Waals surface area (Å²) in [5, 5.41) is 18.6. The zero-order valence-electron chi connectivity index (χ0n) is 24.8. The fraction of sp³-hybridized carbons (Fsp3) is 0.562. The Balaban J connectivity index is 1.57. The number of rotatable bonds is 18. The van der Waals surface area contributed by atoms with E-state index in [1.807, 2.05) is 0 Å². The van der Waals surface area contributed by atoms with Gasteiger partial charge >= 0.3 is 23.9 Å². The second-order valence-corrected chi connectivity index (χ2v) is 13.4. The maximum Gasteiger partial charge on any atom is 0.331 e. The molecule has 1 aromatic rings. The topological polar surface area (TPSA) is 146 Å². The summed E-state index contributed by atoms with van der Waals surface area (Å²) in [5.41, 5.74) is 0. The van der Waals surface area contributed by atoms with Gasteiger partial charge in [-0.2, -0.15) is 23.5 Å². The number of ether oxygens (including phenoxy) is 4. The number of carbonyl (C=O) groups excluding carboxylic acids is 2. The Kier molecular flexibility index (Phi) is 16.1. The Morgan fingerprint density at radius 2 is 1.09 bits per heavy atom. The van der Waals surface area contributed by atoms with Crippen LogP contribution in [0.3, 0.4) is 0 Å². The van der Waals surface area contributed by atoms with Crippen molar-refractivity contribution >= 4 is 47.4 Å². The lowest BCUT2D eigenvalue weighted by Crippen LogP contribution is -2.28. The molecule has 0 saturated heterocycles. The molecule has 0 radical (unpaired) electrons. The number of carbonyl (C=O) groups is 4. The van der Waals surface area contributed by atoms with Crippen molar-refractivity contribution in [2.45, 2.75) is 86.9 Å².